The monoisotopic (exact) mass is 461 g/mol. The van der Waals surface area contributed by atoms with Crippen molar-refractivity contribution >= 4 is 32.6 Å². The molecule has 24 heavy (non-hydrogen) atoms. The van der Waals surface area contributed by atoms with Crippen molar-refractivity contribution in [3.05, 3.63) is 46.0 Å². The molecule has 0 amide bonds. The number of nitrogens with one attached hydrogen (secondary N) is 1. The Morgan fingerprint density at radius 1 is 1.25 bits per heavy atom. The number of hydrogen-bond acceptors (Lipinski definition) is 5. The van der Waals surface area contributed by atoms with E-state index in [-0.39, 0.29) is 17.5 Å². The minimum Gasteiger partial charge on any atom is -0.496 e. The van der Waals surface area contributed by atoms with Crippen LogP contribution in [0.4, 0.5) is 0 Å². The summed E-state index contributed by atoms with van der Waals surface area (Å²) in [5, 5.41) is 0. The Morgan fingerprint density at radius 2 is 2.00 bits per heavy atom. The maximum atomic E-state index is 12.4. The minimum atomic E-state index is -3.63. The number of rotatable bonds is 5. The van der Waals surface area contributed by atoms with Crippen molar-refractivity contribution in [1.82, 2.24) is 4.72 Å². The molecule has 1 aliphatic heterocycles. The topological polar surface area (TPSA) is 73.9 Å². The van der Waals surface area contributed by atoms with Crippen LogP contribution in [0.2, 0.25) is 0 Å². The first-order valence-corrected chi connectivity index (χ1v) is 9.77. The number of hydrogen-bond donors (Lipinski definition) is 1. The standard InChI is InChI=1S/C16H16INO5S/c1-21-14-7-6-12(8-13(14)17)24(19,20)18-9-11-10-22-15-4-2-3-5-16(15)23-11/h2-8,11,18H,9-10H2,1H3/t11-/m0/s1. The van der Waals surface area contributed by atoms with Crippen LogP contribution >= 0.6 is 22.6 Å². The van der Waals surface area contributed by atoms with Gasteiger partial charge in [-0.05, 0) is 52.9 Å². The van der Waals surface area contributed by atoms with Crippen LogP contribution in [0, 0.1) is 3.57 Å². The minimum absolute atomic E-state index is 0.124. The lowest BCUT2D eigenvalue weighted by Crippen LogP contribution is -2.40. The van der Waals surface area contributed by atoms with Gasteiger partial charge in [0.05, 0.1) is 22.1 Å². The number of para-hydroxylation sites is 2. The zero-order valence-corrected chi connectivity index (χ0v) is 15.8. The molecule has 0 aromatic heterocycles. The van der Waals surface area contributed by atoms with Crippen LogP contribution in [0.15, 0.2) is 47.4 Å². The van der Waals surface area contributed by atoms with Gasteiger partial charge in [0.2, 0.25) is 10.0 Å². The second-order valence-electron chi connectivity index (χ2n) is 5.15. The van der Waals surface area contributed by atoms with E-state index < -0.39 is 10.0 Å². The molecular formula is C16H16INO5S. The van der Waals surface area contributed by atoms with E-state index >= 15 is 0 Å². The second-order valence-corrected chi connectivity index (χ2v) is 8.07. The summed E-state index contributed by atoms with van der Waals surface area (Å²) >= 11 is 2.04. The van der Waals surface area contributed by atoms with E-state index in [0.29, 0.717) is 23.9 Å². The number of sulfonamides is 1. The van der Waals surface area contributed by atoms with Crippen LogP contribution in [-0.4, -0.2) is 34.8 Å². The molecule has 3 rings (SSSR count). The Hall–Kier alpha value is -1.52. The summed E-state index contributed by atoms with van der Waals surface area (Å²) in [6.45, 7) is 0.416. The van der Waals surface area contributed by atoms with Crippen LogP contribution in [-0.2, 0) is 10.0 Å². The quantitative estimate of drug-likeness (QED) is 0.693. The fourth-order valence-corrected chi connectivity index (χ4v) is 4.30. The van der Waals surface area contributed by atoms with E-state index in [4.69, 9.17) is 14.2 Å². The molecule has 6 nitrogen and oxygen atoms in total. The van der Waals surface area contributed by atoms with Crippen molar-refractivity contribution in [2.75, 3.05) is 20.3 Å². The number of ether oxygens (including phenoxy) is 3. The number of benzene rings is 2. The van der Waals surface area contributed by atoms with E-state index in [2.05, 4.69) is 4.72 Å². The number of fused-ring (bicyclic) bond motifs is 1. The highest BCUT2D eigenvalue weighted by molar-refractivity contribution is 14.1. The molecule has 2 aromatic carbocycles. The first-order valence-electron chi connectivity index (χ1n) is 7.21. The smallest absolute Gasteiger partial charge is 0.240 e. The molecule has 8 heteroatoms. The lowest BCUT2D eigenvalue weighted by molar-refractivity contribution is 0.0943. The highest BCUT2D eigenvalue weighted by atomic mass is 127. The van der Waals surface area contributed by atoms with Crippen LogP contribution in [0.3, 0.4) is 0 Å². The summed E-state index contributed by atoms with van der Waals surface area (Å²) in [4.78, 5) is 0.185. The van der Waals surface area contributed by atoms with Gasteiger partial charge in [-0.2, -0.15) is 0 Å². The summed E-state index contributed by atoms with van der Waals surface area (Å²) in [6.07, 6.45) is -0.382. The van der Waals surface area contributed by atoms with Gasteiger partial charge in [0, 0.05) is 0 Å². The summed E-state index contributed by atoms with van der Waals surface area (Å²) in [6, 6.07) is 12.0. The predicted octanol–water partition coefficient (Wildman–Crippen LogP) is 2.42. The van der Waals surface area contributed by atoms with Crippen molar-refractivity contribution in [3.63, 3.8) is 0 Å². The Kier molecular flexibility index (Phi) is 5.16. The van der Waals surface area contributed by atoms with E-state index in [9.17, 15) is 8.42 Å². The molecule has 128 valence electrons. The zero-order chi connectivity index (χ0) is 17.2. The van der Waals surface area contributed by atoms with E-state index in [1.807, 2.05) is 40.8 Å². The van der Waals surface area contributed by atoms with Crippen molar-refractivity contribution in [2.24, 2.45) is 0 Å². The summed E-state index contributed by atoms with van der Waals surface area (Å²) in [7, 11) is -2.09. The molecule has 1 N–H and O–H groups in total. The van der Waals surface area contributed by atoms with Gasteiger partial charge < -0.3 is 14.2 Å². The highest BCUT2D eigenvalue weighted by Crippen LogP contribution is 2.30. The van der Waals surface area contributed by atoms with Crippen molar-refractivity contribution in [2.45, 2.75) is 11.0 Å². The van der Waals surface area contributed by atoms with Gasteiger partial charge in [-0.3, -0.25) is 0 Å². The average Bonchev–Trinajstić information content (AvgIpc) is 2.60. The molecule has 1 atom stereocenters. The Bertz CT molecular complexity index is 840. The van der Waals surface area contributed by atoms with Gasteiger partial charge in [0.1, 0.15) is 18.5 Å². The first kappa shape index (κ1) is 17.3. The summed E-state index contributed by atoms with van der Waals surface area (Å²) in [5.74, 6) is 1.92. The van der Waals surface area contributed by atoms with Crippen molar-refractivity contribution in [3.8, 4) is 17.2 Å². The van der Waals surface area contributed by atoms with Crippen molar-refractivity contribution in [1.29, 1.82) is 0 Å². The molecule has 0 radical (unpaired) electrons. The van der Waals surface area contributed by atoms with Gasteiger partial charge in [0.15, 0.2) is 11.5 Å². The first-order chi connectivity index (χ1) is 11.5. The summed E-state index contributed by atoms with van der Waals surface area (Å²) in [5.41, 5.74) is 0. The molecule has 2 aromatic rings. The fraction of sp³-hybridized carbons (Fsp3) is 0.250. The highest BCUT2D eigenvalue weighted by Gasteiger charge is 2.23. The van der Waals surface area contributed by atoms with Crippen molar-refractivity contribution < 1.29 is 22.6 Å². The van der Waals surface area contributed by atoms with Gasteiger partial charge in [-0.15, -0.1) is 0 Å². The van der Waals surface area contributed by atoms with Gasteiger partial charge in [-0.25, -0.2) is 13.1 Å². The Balaban J connectivity index is 1.67. The van der Waals surface area contributed by atoms with Gasteiger partial charge in [-0.1, -0.05) is 12.1 Å². The van der Waals surface area contributed by atoms with Crippen LogP contribution in [0.5, 0.6) is 17.2 Å². The molecular weight excluding hydrogens is 445 g/mol. The second kappa shape index (κ2) is 7.16. The third-order valence-electron chi connectivity index (χ3n) is 3.50. The van der Waals surface area contributed by atoms with Crippen LogP contribution in [0.25, 0.3) is 0 Å². The SMILES string of the molecule is COc1ccc(S(=O)(=O)NC[C@H]2COc3ccccc3O2)cc1I. The molecule has 0 saturated heterocycles. The maximum Gasteiger partial charge on any atom is 0.240 e. The Labute approximate surface area is 154 Å². The Morgan fingerprint density at radius 3 is 2.71 bits per heavy atom. The number of methoxy groups -OCH3 is 1. The molecule has 0 bridgehead atoms. The molecule has 1 aliphatic rings. The van der Waals surface area contributed by atoms with E-state index in [0.717, 1.165) is 3.57 Å². The summed E-state index contributed by atoms with van der Waals surface area (Å²) < 4.78 is 44.6. The molecule has 0 fully saturated rings. The zero-order valence-electron chi connectivity index (χ0n) is 12.9. The molecule has 1 heterocycles. The van der Waals surface area contributed by atoms with E-state index in [1.165, 1.54) is 6.07 Å². The lowest BCUT2D eigenvalue weighted by Gasteiger charge is -2.26. The lowest BCUT2D eigenvalue weighted by atomic mass is 10.2. The third-order valence-corrected chi connectivity index (χ3v) is 5.77. The fourth-order valence-electron chi connectivity index (χ4n) is 2.26. The largest absolute Gasteiger partial charge is 0.496 e. The van der Waals surface area contributed by atoms with Gasteiger partial charge in [0.25, 0.3) is 0 Å². The van der Waals surface area contributed by atoms with Crippen LogP contribution < -0.4 is 18.9 Å². The normalized spacial score (nSPS) is 16.7. The molecule has 0 saturated carbocycles. The number of halogens is 1. The maximum absolute atomic E-state index is 12.4. The van der Waals surface area contributed by atoms with E-state index in [1.54, 1.807) is 25.3 Å². The average molecular weight is 461 g/mol. The molecule has 0 aliphatic carbocycles. The molecule has 0 unspecified atom stereocenters. The predicted molar refractivity (Wildman–Crippen MR) is 97.3 cm³/mol. The van der Waals surface area contributed by atoms with Crippen LogP contribution in [0.1, 0.15) is 0 Å². The molecule has 0 spiro atoms. The van der Waals surface area contributed by atoms with Gasteiger partial charge >= 0.3 is 0 Å². The third kappa shape index (κ3) is 3.76.